The molecule has 1 aliphatic rings. The average molecular weight is 298 g/mol. The summed E-state index contributed by atoms with van der Waals surface area (Å²) in [6.07, 6.45) is 2.87. The fourth-order valence-electron chi connectivity index (χ4n) is 3.09. The summed E-state index contributed by atoms with van der Waals surface area (Å²) < 4.78 is 13.5. The first-order valence-electron chi connectivity index (χ1n) is 7.49. The van der Waals surface area contributed by atoms with Crippen LogP contribution in [0.1, 0.15) is 45.9 Å². The third-order valence-electron chi connectivity index (χ3n) is 4.09. The SMILES string of the molecule is Cc1cc(F)cc(C(=O)NC2CCCc3cc(N)ccc32)c1. The Balaban J connectivity index is 1.83. The molecule has 1 amide bonds. The quantitative estimate of drug-likeness (QED) is 0.833. The first kappa shape index (κ1) is 14.6. The summed E-state index contributed by atoms with van der Waals surface area (Å²) in [6.45, 7) is 1.78. The molecule has 0 heterocycles. The number of amides is 1. The van der Waals surface area contributed by atoms with Gasteiger partial charge in [-0.2, -0.15) is 0 Å². The van der Waals surface area contributed by atoms with E-state index < -0.39 is 0 Å². The molecule has 0 saturated heterocycles. The normalized spacial score (nSPS) is 16.9. The number of aryl methyl sites for hydroxylation is 2. The molecule has 4 heteroatoms. The number of benzene rings is 2. The van der Waals surface area contributed by atoms with E-state index in [9.17, 15) is 9.18 Å². The highest BCUT2D eigenvalue weighted by atomic mass is 19.1. The number of hydrogen-bond donors (Lipinski definition) is 2. The van der Waals surface area contributed by atoms with Gasteiger partial charge in [-0.1, -0.05) is 6.07 Å². The number of fused-ring (bicyclic) bond motifs is 1. The number of nitrogens with two attached hydrogens (primary N) is 1. The molecular weight excluding hydrogens is 279 g/mol. The number of carbonyl (C=O) groups excluding carboxylic acids is 1. The molecule has 0 radical (unpaired) electrons. The van der Waals surface area contributed by atoms with Gasteiger partial charge in [0.2, 0.25) is 0 Å². The minimum absolute atomic E-state index is 0.0413. The summed E-state index contributed by atoms with van der Waals surface area (Å²) in [7, 11) is 0. The lowest BCUT2D eigenvalue weighted by atomic mass is 9.87. The van der Waals surface area contributed by atoms with Crippen molar-refractivity contribution in [2.24, 2.45) is 0 Å². The molecule has 3 N–H and O–H groups in total. The predicted molar refractivity (Wildman–Crippen MR) is 85.1 cm³/mol. The van der Waals surface area contributed by atoms with Crippen molar-refractivity contribution in [1.82, 2.24) is 5.32 Å². The number of nitrogen functional groups attached to an aromatic ring is 1. The molecule has 0 fully saturated rings. The third kappa shape index (κ3) is 2.96. The van der Waals surface area contributed by atoms with Crippen LogP contribution in [-0.4, -0.2) is 5.91 Å². The monoisotopic (exact) mass is 298 g/mol. The summed E-state index contributed by atoms with van der Waals surface area (Å²) in [6, 6.07) is 10.2. The van der Waals surface area contributed by atoms with Crippen LogP contribution in [0.4, 0.5) is 10.1 Å². The number of hydrogen-bond acceptors (Lipinski definition) is 2. The average Bonchev–Trinajstić information content (AvgIpc) is 2.46. The van der Waals surface area contributed by atoms with Crippen molar-refractivity contribution in [3.63, 3.8) is 0 Å². The molecule has 2 aromatic rings. The van der Waals surface area contributed by atoms with Crippen LogP contribution < -0.4 is 11.1 Å². The minimum Gasteiger partial charge on any atom is -0.399 e. The molecule has 1 aliphatic carbocycles. The molecular formula is C18H19FN2O. The number of anilines is 1. The lowest BCUT2D eigenvalue weighted by Gasteiger charge is -2.26. The van der Waals surface area contributed by atoms with Gasteiger partial charge in [0, 0.05) is 11.3 Å². The van der Waals surface area contributed by atoms with Crippen molar-refractivity contribution in [2.75, 3.05) is 5.73 Å². The maximum Gasteiger partial charge on any atom is 0.251 e. The fourth-order valence-corrected chi connectivity index (χ4v) is 3.09. The number of halogens is 1. The van der Waals surface area contributed by atoms with E-state index in [1.807, 2.05) is 18.2 Å². The van der Waals surface area contributed by atoms with Gasteiger partial charge < -0.3 is 11.1 Å². The lowest BCUT2D eigenvalue weighted by molar-refractivity contribution is 0.0932. The smallest absolute Gasteiger partial charge is 0.251 e. The van der Waals surface area contributed by atoms with Gasteiger partial charge >= 0.3 is 0 Å². The standard InChI is InChI=1S/C18H19FN2O/c1-11-7-13(9-14(19)8-11)18(22)21-17-4-2-3-12-10-15(20)5-6-16(12)17/h5-10,17H,2-4,20H2,1H3,(H,21,22). The molecule has 1 unspecified atom stereocenters. The van der Waals surface area contributed by atoms with Crippen LogP contribution in [0.25, 0.3) is 0 Å². The first-order valence-corrected chi connectivity index (χ1v) is 7.49. The van der Waals surface area contributed by atoms with Gasteiger partial charge in [0.15, 0.2) is 0 Å². The Hall–Kier alpha value is -2.36. The van der Waals surface area contributed by atoms with E-state index in [0.29, 0.717) is 5.56 Å². The zero-order valence-corrected chi connectivity index (χ0v) is 12.5. The summed E-state index contributed by atoms with van der Waals surface area (Å²) >= 11 is 0. The van der Waals surface area contributed by atoms with Crippen molar-refractivity contribution in [3.05, 3.63) is 64.5 Å². The van der Waals surface area contributed by atoms with E-state index >= 15 is 0 Å². The van der Waals surface area contributed by atoms with E-state index in [-0.39, 0.29) is 17.8 Å². The molecule has 114 valence electrons. The van der Waals surface area contributed by atoms with Crippen LogP contribution in [0.3, 0.4) is 0 Å². The van der Waals surface area contributed by atoms with Crippen molar-refractivity contribution in [1.29, 1.82) is 0 Å². The molecule has 22 heavy (non-hydrogen) atoms. The Kier molecular flexibility index (Phi) is 3.84. The molecule has 2 aromatic carbocycles. The second-order valence-corrected chi connectivity index (χ2v) is 5.89. The molecule has 3 nitrogen and oxygen atoms in total. The minimum atomic E-state index is -0.387. The number of rotatable bonds is 2. The van der Waals surface area contributed by atoms with E-state index in [2.05, 4.69) is 5.32 Å². The lowest BCUT2D eigenvalue weighted by Crippen LogP contribution is -2.31. The summed E-state index contributed by atoms with van der Waals surface area (Å²) in [5, 5.41) is 3.02. The molecule has 0 spiro atoms. The summed E-state index contributed by atoms with van der Waals surface area (Å²) in [5.74, 6) is -0.626. The Bertz CT molecular complexity index is 707. The van der Waals surface area contributed by atoms with Gasteiger partial charge in [0.05, 0.1) is 6.04 Å². The maximum absolute atomic E-state index is 13.5. The van der Waals surface area contributed by atoms with Crippen molar-refractivity contribution >= 4 is 11.6 Å². The largest absolute Gasteiger partial charge is 0.399 e. The Labute approximate surface area is 129 Å². The van der Waals surface area contributed by atoms with Crippen LogP contribution in [0.2, 0.25) is 0 Å². The van der Waals surface area contributed by atoms with Gasteiger partial charge in [0.1, 0.15) is 5.82 Å². The molecule has 0 saturated carbocycles. The van der Waals surface area contributed by atoms with Gasteiger partial charge in [-0.25, -0.2) is 4.39 Å². The second kappa shape index (κ2) is 5.79. The Morgan fingerprint density at radius 3 is 2.86 bits per heavy atom. The van der Waals surface area contributed by atoms with Crippen LogP contribution >= 0.6 is 0 Å². The highest BCUT2D eigenvalue weighted by molar-refractivity contribution is 5.94. The highest BCUT2D eigenvalue weighted by Gasteiger charge is 2.22. The topological polar surface area (TPSA) is 55.1 Å². The van der Waals surface area contributed by atoms with E-state index in [1.54, 1.807) is 13.0 Å². The van der Waals surface area contributed by atoms with Crippen LogP contribution in [0, 0.1) is 12.7 Å². The predicted octanol–water partition coefficient (Wildman–Crippen LogP) is 3.52. The molecule has 0 aromatic heterocycles. The fraction of sp³-hybridized carbons (Fsp3) is 0.278. The van der Waals surface area contributed by atoms with E-state index in [4.69, 9.17) is 5.73 Å². The molecule has 3 rings (SSSR count). The van der Waals surface area contributed by atoms with Crippen molar-refractivity contribution in [3.8, 4) is 0 Å². The second-order valence-electron chi connectivity index (χ2n) is 5.89. The first-order chi connectivity index (χ1) is 10.5. The third-order valence-corrected chi connectivity index (χ3v) is 4.09. The molecule has 0 aliphatic heterocycles. The summed E-state index contributed by atoms with van der Waals surface area (Å²) in [4.78, 5) is 12.4. The van der Waals surface area contributed by atoms with Gasteiger partial charge in [-0.05, 0) is 73.2 Å². The van der Waals surface area contributed by atoms with Crippen LogP contribution in [0.5, 0.6) is 0 Å². The van der Waals surface area contributed by atoms with E-state index in [0.717, 1.165) is 36.1 Å². The van der Waals surface area contributed by atoms with Crippen molar-refractivity contribution < 1.29 is 9.18 Å². The van der Waals surface area contributed by atoms with Crippen LogP contribution in [0.15, 0.2) is 36.4 Å². The van der Waals surface area contributed by atoms with Crippen molar-refractivity contribution in [2.45, 2.75) is 32.2 Å². The van der Waals surface area contributed by atoms with Gasteiger partial charge in [0.25, 0.3) is 5.91 Å². The van der Waals surface area contributed by atoms with Crippen LogP contribution in [-0.2, 0) is 6.42 Å². The Morgan fingerprint density at radius 1 is 1.27 bits per heavy atom. The number of nitrogens with one attached hydrogen (secondary N) is 1. The maximum atomic E-state index is 13.5. The van der Waals surface area contributed by atoms with Gasteiger partial charge in [-0.3, -0.25) is 4.79 Å². The zero-order valence-electron chi connectivity index (χ0n) is 12.5. The zero-order chi connectivity index (χ0) is 15.7. The summed E-state index contributed by atoms with van der Waals surface area (Å²) in [5.41, 5.74) is 9.97. The van der Waals surface area contributed by atoms with Gasteiger partial charge in [-0.15, -0.1) is 0 Å². The molecule has 1 atom stereocenters. The highest BCUT2D eigenvalue weighted by Crippen LogP contribution is 2.31. The number of carbonyl (C=O) groups is 1. The molecule has 0 bridgehead atoms. The Morgan fingerprint density at radius 2 is 2.09 bits per heavy atom. The van der Waals surface area contributed by atoms with E-state index in [1.165, 1.54) is 17.7 Å².